The van der Waals surface area contributed by atoms with Crippen LogP contribution in [0.2, 0.25) is 0 Å². The van der Waals surface area contributed by atoms with Crippen molar-refractivity contribution in [1.29, 1.82) is 0 Å². The maximum atomic E-state index is 11.8. The molecule has 6 heteroatoms. The third-order valence-corrected chi connectivity index (χ3v) is 1.78. The maximum absolute atomic E-state index is 11.8. The van der Waals surface area contributed by atoms with Crippen LogP contribution in [-0.4, -0.2) is 10.5 Å². The summed E-state index contributed by atoms with van der Waals surface area (Å²) in [5, 5.41) is -0.204. The van der Waals surface area contributed by atoms with Gasteiger partial charge < -0.3 is 5.73 Å². The van der Waals surface area contributed by atoms with E-state index < -0.39 is 5.51 Å². The van der Waals surface area contributed by atoms with Gasteiger partial charge in [-0.1, -0.05) is 0 Å². The van der Waals surface area contributed by atoms with E-state index in [0.29, 0.717) is 0 Å². The Morgan fingerprint density at radius 3 is 2.58 bits per heavy atom. The molecule has 0 aliphatic heterocycles. The number of thioether (sulfide) groups is 1. The lowest BCUT2D eigenvalue weighted by Gasteiger charge is -2.05. The average Bonchev–Trinajstić information content (AvgIpc) is 1.91. The van der Waals surface area contributed by atoms with E-state index in [1.807, 2.05) is 0 Å². The van der Waals surface area contributed by atoms with Crippen molar-refractivity contribution < 1.29 is 13.2 Å². The lowest BCUT2D eigenvalue weighted by molar-refractivity contribution is -0.0329. The van der Waals surface area contributed by atoms with Gasteiger partial charge in [-0.15, -0.1) is 0 Å². The minimum absolute atomic E-state index is 0.0415. The van der Waals surface area contributed by atoms with E-state index in [-0.39, 0.29) is 22.5 Å². The SMILES string of the molecule is Nc1cccnc1SC(F)(F)F. The second kappa shape index (κ2) is 3.22. The van der Waals surface area contributed by atoms with E-state index in [0.717, 1.165) is 0 Å². The second-order valence-corrected chi connectivity index (χ2v) is 3.00. The van der Waals surface area contributed by atoms with E-state index in [9.17, 15) is 13.2 Å². The van der Waals surface area contributed by atoms with E-state index in [1.54, 1.807) is 0 Å². The Labute approximate surface area is 71.0 Å². The predicted molar refractivity (Wildman–Crippen MR) is 40.6 cm³/mol. The first-order valence-electron chi connectivity index (χ1n) is 2.95. The van der Waals surface area contributed by atoms with Crippen LogP contribution in [-0.2, 0) is 0 Å². The van der Waals surface area contributed by atoms with Gasteiger partial charge >= 0.3 is 5.51 Å². The molecule has 0 bridgehead atoms. The number of pyridine rings is 1. The predicted octanol–water partition coefficient (Wildman–Crippen LogP) is 2.28. The molecule has 1 rings (SSSR count). The lowest BCUT2D eigenvalue weighted by atomic mass is 10.4. The van der Waals surface area contributed by atoms with Gasteiger partial charge in [0.25, 0.3) is 0 Å². The Hall–Kier alpha value is -0.910. The number of alkyl halides is 3. The van der Waals surface area contributed by atoms with Gasteiger partial charge in [-0.25, -0.2) is 4.98 Å². The molecule has 0 aliphatic carbocycles. The van der Waals surface area contributed by atoms with Gasteiger partial charge in [0.15, 0.2) is 0 Å². The summed E-state index contributed by atoms with van der Waals surface area (Å²) in [6, 6.07) is 2.86. The van der Waals surface area contributed by atoms with Crippen LogP contribution in [0.3, 0.4) is 0 Å². The van der Waals surface area contributed by atoms with E-state index in [4.69, 9.17) is 5.73 Å². The van der Waals surface area contributed by atoms with Gasteiger partial charge in [0.1, 0.15) is 5.03 Å². The molecule has 0 amide bonds. The molecular weight excluding hydrogens is 189 g/mol. The van der Waals surface area contributed by atoms with Crippen molar-refractivity contribution in [2.45, 2.75) is 10.5 Å². The quantitative estimate of drug-likeness (QED) is 0.697. The Balaban J connectivity index is 2.83. The number of aromatic nitrogens is 1. The zero-order valence-electron chi connectivity index (χ0n) is 5.80. The zero-order valence-corrected chi connectivity index (χ0v) is 6.62. The number of rotatable bonds is 1. The Morgan fingerprint density at radius 1 is 1.42 bits per heavy atom. The number of nitrogen functional groups attached to an aromatic ring is 1. The molecule has 0 fully saturated rings. The Kier molecular flexibility index (Phi) is 2.46. The van der Waals surface area contributed by atoms with Crippen molar-refractivity contribution in [3.8, 4) is 0 Å². The topological polar surface area (TPSA) is 38.9 Å². The molecule has 2 N–H and O–H groups in total. The molecule has 2 nitrogen and oxygen atoms in total. The fourth-order valence-electron chi connectivity index (χ4n) is 0.598. The Morgan fingerprint density at radius 2 is 2.08 bits per heavy atom. The summed E-state index contributed by atoms with van der Waals surface area (Å²) in [5.74, 6) is 0. The van der Waals surface area contributed by atoms with Crippen LogP contribution in [0.1, 0.15) is 0 Å². The van der Waals surface area contributed by atoms with Crippen molar-refractivity contribution in [3.05, 3.63) is 18.3 Å². The Bertz CT molecular complexity index is 274. The fourth-order valence-corrected chi connectivity index (χ4v) is 1.12. The van der Waals surface area contributed by atoms with Crippen LogP contribution in [0.5, 0.6) is 0 Å². The monoisotopic (exact) mass is 194 g/mol. The number of nitrogens with two attached hydrogens (primary N) is 1. The molecule has 0 saturated carbocycles. The first-order valence-corrected chi connectivity index (χ1v) is 3.77. The van der Waals surface area contributed by atoms with Crippen molar-refractivity contribution in [3.63, 3.8) is 0 Å². The molecule has 66 valence electrons. The van der Waals surface area contributed by atoms with Crippen LogP contribution >= 0.6 is 11.8 Å². The molecular formula is C6H5F3N2S. The first-order chi connectivity index (χ1) is 5.49. The summed E-state index contributed by atoms with van der Waals surface area (Å²) in [4.78, 5) is 3.48. The number of hydrogen-bond donors (Lipinski definition) is 1. The minimum atomic E-state index is -4.33. The van der Waals surface area contributed by atoms with Crippen molar-refractivity contribution in [2.24, 2.45) is 0 Å². The third kappa shape index (κ3) is 2.61. The zero-order chi connectivity index (χ0) is 9.19. The van der Waals surface area contributed by atoms with E-state index in [2.05, 4.69) is 4.98 Å². The highest BCUT2D eigenvalue weighted by atomic mass is 32.2. The van der Waals surface area contributed by atoms with Gasteiger partial charge in [0, 0.05) is 18.0 Å². The van der Waals surface area contributed by atoms with Crippen LogP contribution in [0.25, 0.3) is 0 Å². The standard InChI is InChI=1S/C6H5F3N2S/c7-6(8,9)12-5-4(10)2-1-3-11-5/h1-3H,10H2. The second-order valence-electron chi connectivity index (χ2n) is 1.95. The summed E-state index contributed by atoms with van der Waals surface area (Å²) in [6.07, 6.45) is 1.27. The van der Waals surface area contributed by atoms with Gasteiger partial charge in [0.05, 0.1) is 5.69 Å². The number of nitrogens with zero attached hydrogens (tertiary/aromatic N) is 1. The number of halogens is 3. The molecule has 12 heavy (non-hydrogen) atoms. The summed E-state index contributed by atoms with van der Waals surface area (Å²) in [6.45, 7) is 0. The highest BCUT2D eigenvalue weighted by Gasteiger charge is 2.30. The highest BCUT2D eigenvalue weighted by Crippen LogP contribution is 2.37. The molecule has 1 heterocycles. The molecule has 0 saturated heterocycles. The lowest BCUT2D eigenvalue weighted by Crippen LogP contribution is -2.02. The molecule has 0 aliphatic rings. The van der Waals surface area contributed by atoms with E-state index in [1.165, 1.54) is 18.3 Å². The van der Waals surface area contributed by atoms with Gasteiger partial charge in [-0.05, 0) is 12.1 Å². The van der Waals surface area contributed by atoms with Gasteiger partial charge in [-0.2, -0.15) is 13.2 Å². The largest absolute Gasteiger partial charge is 0.447 e. The van der Waals surface area contributed by atoms with Crippen LogP contribution < -0.4 is 5.73 Å². The fraction of sp³-hybridized carbons (Fsp3) is 0.167. The summed E-state index contributed by atoms with van der Waals surface area (Å²) >= 11 is -0.309. The smallest absolute Gasteiger partial charge is 0.397 e. The molecule has 0 atom stereocenters. The summed E-state index contributed by atoms with van der Waals surface area (Å²) < 4.78 is 35.4. The van der Waals surface area contributed by atoms with Crippen molar-refractivity contribution >= 4 is 17.4 Å². The average molecular weight is 194 g/mol. The molecule has 0 aromatic carbocycles. The molecule has 0 unspecified atom stereocenters. The van der Waals surface area contributed by atoms with Crippen molar-refractivity contribution in [2.75, 3.05) is 5.73 Å². The van der Waals surface area contributed by atoms with Crippen LogP contribution in [0, 0.1) is 0 Å². The number of hydrogen-bond acceptors (Lipinski definition) is 3. The van der Waals surface area contributed by atoms with Gasteiger partial charge in [-0.3, -0.25) is 0 Å². The van der Waals surface area contributed by atoms with Gasteiger partial charge in [0.2, 0.25) is 0 Å². The van der Waals surface area contributed by atoms with Crippen molar-refractivity contribution in [1.82, 2.24) is 4.98 Å². The van der Waals surface area contributed by atoms with Crippen LogP contribution in [0.4, 0.5) is 18.9 Å². The molecule has 0 spiro atoms. The number of anilines is 1. The third-order valence-electron chi connectivity index (χ3n) is 1.01. The summed E-state index contributed by atoms with van der Waals surface area (Å²) in [5.41, 5.74) is 0.955. The summed E-state index contributed by atoms with van der Waals surface area (Å²) in [7, 11) is 0. The first kappa shape index (κ1) is 9.18. The molecule has 1 aromatic heterocycles. The molecule has 1 aromatic rings. The van der Waals surface area contributed by atoms with Crippen LogP contribution in [0.15, 0.2) is 23.4 Å². The highest BCUT2D eigenvalue weighted by molar-refractivity contribution is 8.00. The van der Waals surface area contributed by atoms with E-state index >= 15 is 0 Å². The minimum Gasteiger partial charge on any atom is -0.397 e. The normalized spacial score (nSPS) is 11.6. The maximum Gasteiger partial charge on any atom is 0.447 e. The molecule has 0 radical (unpaired) electrons.